The van der Waals surface area contributed by atoms with Gasteiger partial charge in [-0.2, -0.15) is 0 Å². The number of aryl methyl sites for hydroxylation is 1. The molecular weight excluding hydrogens is 236 g/mol. The van der Waals surface area contributed by atoms with E-state index in [0.29, 0.717) is 0 Å². The van der Waals surface area contributed by atoms with Crippen LogP contribution in [0.4, 0.5) is 5.69 Å². The summed E-state index contributed by atoms with van der Waals surface area (Å²) in [4.78, 5) is 4.36. The lowest BCUT2D eigenvalue weighted by Crippen LogP contribution is -1.98. The van der Waals surface area contributed by atoms with Crippen LogP contribution in [0.15, 0.2) is 16.8 Å². The number of nitrogens with one attached hydrogen (secondary N) is 1. The largest absolute Gasteiger partial charge is 0.377 e. The highest BCUT2D eigenvalue weighted by Crippen LogP contribution is 2.28. The highest BCUT2D eigenvalue weighted by Gasteiger charge is 2.02. The van der Waals surface area contributed by atoms with Gasteiger partial charge in [-0.3, -0.25) is 0 Å². The molecule has 0 fully saturated rings. The zero-order chi connectivity index (χ0) is 9.97. The molecule has 2 nitrogen and oxygen atoms in total. The Labute approximate surface area is 95.6 Å². The minimum Gasteiger partial charge on any atom is -0.377 e. The molecule has 0 aliphatic heterocycles. The lowest BCUT2D eigenvalue weighted by molar-refractivity contribution is 1.06. The van der Waals surface area contributed by atoms with Crippen LogP contribution in [0, 0.1) is 6.92 Å². The van der Waals surface area contributed by atoms with Crippen molar-refractivity contribution in [1.29, 1.82) is 0 Å². The van der Waals surface area contributed by atoms with E-state index in [2.05, 4.69) is 15.7 Å². The maximum Gasteiger partial charge on any atom is 0.116 e. The molecule has 0 unspecified atom stereocenters. The van der Waals surface area contributed by atoms with Crippen LogP contribution in [0.5, 0.6) is 0 Å². The minimum absolute atomic E-state index is 0.737. The maximum absolute atomic E-state index is 5.95. The normalized spacial score (nSPS) is 10.4. The van der Waals surface area contributed by atoms with Gasteiger partial charge in [-0.05, 0) is 18.4 Å². The second-order valence-corrected chi connectivity index (χ2v) is 5.40. The SMILES string of the molecule is Cc1nc(CNc2ccsc2Cl)cs1. The molecule has 5 heteroatoms. The van der Waals surface area contributed by atoms with Gasteiger partial charge in [0.05, 0.1) is 22.9 Å². The van der Waals surface area contributed by atoms with Crippen LogP contribution in [0.3, 0.4) is 0 Å². The summed E-state index contributed by atoms with van der Waals surface area (Å²) < 4.78 is 0.803. The average Bonchev–Trinajstić information content (AvgIpc) is 2.72. The zero-order valence-electron chi connectivity index (χ0n) is 7.58. The van der Waals surface area contributed by atoms with Crippen LogP contribution in [0.2, 0.25) is 4.34 Å². The van der Waals surface area contributed by atoms with Gasteiger partial charge in [0.15, 0.2) is 0 Å². The van der Waals surface area contributed by atoms with E-state index < -0.39 is 0 Å². The molecule has 0 aromatic carbocycles. The molecule has 0 radical (unpaired) electrons. The van der Waals surface area contributed by atoms with Crippen LogP contribution in [-0.2, 0) is 6.54 Å². The van der Waals surface area contributed by atoms with Gasteiger partial charge in [0.1, 0.15) is 4.34 Å². The molecule has 1 N–H and O–H groups in total. The molecule has 2 rings (SSSR count). The van der Waals surface area contributed by atoms with Gasteiger partial charge in [-0.25, -0.2) is 4.98 Å². The van der Waals surface area contributed by atoms with Crippen molar-refractivity contribution in [2.24, 2.45) is 0 Å². The first-order valence-electron chi connectivity index (χ1n) is 4.13. The molecule has 0 aliphatic carbocycles. The number of anilines is 1. The highest BCUT2D eigenvalue weighted by molar-refractivity contribution is 7.15. The van der Waals surface area contributed by atoms with Gasteiger partial charge in [0.25, 0.3) is 0 Å². The van der Waals surface area contributed by atoms with Gasteiger partial charge in [-0.15, -0.1) is 22.7 Å². The van der Waals surface area contributed by atoms with Crippen molar-refractivity contribution in [2.45, 2.75) is 13.5 Å². The maximum atomic E-state index is 5.95. The molecule has 2 aromatic heterocycles. The smallest absolute Gasteiger partial charge is 0.116 e. The van der Waals surface area contributed by atoms with Crippen molar-refractivity contribution >= 4 is 40.0 Å². The molecule has 0 atom stereocenters. The van der Waals surface area contributed by atoms with Gasteiger partial charge in [0.2, 0.25) is 0 Å². The van der Waals surface area contributed by atoms with Crippen LogP contribution in [-0.4, -0.2) is 4.98 Å². The molecule has 74 valence electrons. The summed E-state index contributed by atoms with van der Waals surface area (Å²) in [7, 11) is 0. The number of nitrogens with zero attached hydrogens (tertiary/aromatic N) is 1. The molecule has 0 saturated carbocycles. The van der Waals surface area contributed by atoms with Crippen molar-refractivity contribution in [1.82, 2.24) is 4.98 Å². The van der Waals surface area contributed by atoms with Gasteiger partial charge in [-0.1, -0.05) is 11.6 Å². The second kappa shape index (κ2) is 4.29. The topological polar surface area (TPSA) is 24.9 Å². The zero-order valence-corrected chi connectivity index (χ0v) is 9.97. The molecule has 0 bridgehead atoms. The Morgan fingerprint density at radius 1 is 1.50 bits per heavy atom. The number of rotatable bonds is 3. The quantitative estimate of drug-likeness (QED) is 0.889. The van der Waals surface area contributed by atoms with Crippen molar-refractivity contribution in [3.05, 3.63) is 31.9 Å². The van der Waals surface area contributed by atoms with Crippen LogP contribution in [0.25, 0.3) is 0 Å². The Kier molecular flexibility index (Phi) is 3.05. The minimum atomic E-state index is 0.737. The lowest BCUT2D eigenvalue weighted by atomic mass is 10.4. The van der Waals surface area contributed by atoms with Crippen molar-refractivity contribution < 1.29 is 0 Å². The van der Waals surface area contributed by atoms with Crippen molar-refractivity contribution in [2.75, 3.05) is 5.32 Å². The molecule has 14 heavy (non-hydrogen) atoms. The third-order valence-electron chi connectivity index (χ3n) is 1.74. The lowest BCUT2D eigenvalue weighted by Gasteiger charge is -2.01. The van der Waals surface area contributed by atoms with Crippen LogP contribution >= 0.6 is 34.3 Å². The first-order valence-corrected chi connectivity index (χ1v) is 6.27. The van der Waals surface area contributed by atoms with E-state index in [1.54, 1.807) is 11.3 Å². The summed E-state index contributed by atoms with van der Waals surface area (Å²) in [6.45, 7) is 2.74. The fourth-order valence-electron chi connectivity index (χ4n) is 1.09. The Morgan fingerprint density at radius 3 is 2.93 bits per heavy atom. The van der Waals surface area contributed by atoms with Crippen LogP contribution in [0.1, 0.15) is 10.7 Å². The molecule has 0 aliphatic rings. The summed E-state index contributed by atoms with van der Waals surface area (Å²) in [5.74, 6) is 0. The second-order valence-electron chi connectivity index (χ2n) is 2.82. The monoisotopic (exact) mass is 244 g/mol. The number of halogens is 1. The summed E-state index contributed by atoms with van der Waals surface area (Å²) in [5, 5.41) is 8.37. The Hall–Kier alpha value is -0.580. The predicted octanol–water partition coefficient (Wildman–Crippen LogP) is 3.78. The fourth-order valence-corrected chi connectivity index (χ4v) is 2.58. The van der Waals surface area contributed by atoms with E-state index in [1.807, 2.05) is 18.4 Å². The first kappa shape index (κ1) is 9.96. The number of thiazole rings is 1. The van der Waals surface area contributed by atoms with E-state index in [0.717, 1.165) is 27.3 Å². The fraction of sp³-hybridized carbons (Fsp3) is 0.222. The summed E-state index contributed by atoms with van der Waals surface area (Å²) in [6, 6.07) is 1.98. The standard InChI is InChI=1S/C9H9ClN2S2/c1-6-12-7(5-14-6)4-11-8-2-3-13-9(8)10/h2-3,5,11H,4H2,1H3. The van der Waals surface area contributed by atoms with Crippen molar-refractivity contribution in [3.63, 3.8) is 0 Å². The number of hydrogen-bond donors (Lipinski definition) is 1. The van der Waals surface area contributed by atoms with Gasteiger partial charge in [0, 0.05) is 5.38 Å². The molecular formula is C9H9ClN2S2. The molecule has 0 spiro atoms. The van der Waals surface area contributed by atoms with E-state index in [-0.39, 0.29) is 0 Å². The highest BCUT2D eigenvalue weighted by atomic mass is 35.5. The number of thiophene rings is 1. The first-order chi connectivity index (χ1) is 6.75. The summed E-state index contributed by atoms with van der Waals surface area (Å²) in [6.07, 6.45) is 0. The summed E-state index contributed by atoms with van der Waals surface area (Å²) in [5.41, 5.74) is 2.05. The van der Waals surface area contributed by atoms with Crippen molar-refractivity contribution in [3.8, 4) is 0 Å². The summed E-state index contributed by atoms with van der Waals surface area (Å²) >= 11 is 9.14. The van der Waals surface area contributed by atoms with Gasteiger partial charge >= 0.3 is 0 Å². The number of aromatic nitrogens is 1. The van der Waals surface area contributed by atoms with Gasteiger partial charge < -0.3 is 5.32 Å². The Morgan fingerprint density at radius 2 is 2.36 bits per heavy atom. The Balaban J connectivity index is 1.98. The van der Waals surface area contributed by atoms with E-state index in [4.69, 9.17) is 11.6 Å². The predicted molar refractivity (Wildman–Crippen MR) is 63.5 cm³/mol. The van der Waals surface area contributed by atoms with Crippen LogP contribution < -0.4 is 5.32 Å². The number of hydrogen-bond acceptors (Lipinski definition) is 4. The Bertz CT molecular complexity index is 422. The van der Waals surface area contributed by atoms with E-state index >= 15 is 0 Å². The third-order valence-corrected chi connectivity index (χ3v) is 3.74. The average molecular weight is 245 g/mol. The molecule has 2 aromatic rings. The van der Waals surface area contributed by atoms with E-state index in [1.165, 1.54) is 11.3 Å². The molecule has 0 amide bonds. The molecule has 0 saturated heterocycles. The van der Waals surface area contributed by atoms with E-state index in [9.17, 15) is 0 Å². The third kappa shape index (κ3) is 2.26. The molecule has 2 heterocycles.